The van der Waals surface area contributed by atoms with E-state index in [2.05, 4.69) is 26.6 Å². The first kappa shape index (κ1) is 9.73. The van der Waals surface area contributed by atoms with Crippen LogP contribution < -0.4 is 0 Å². The number of hydrogen-bond donors (Lipinski definition) is 0. The standard InChI is InChI=1S/C13H8N4S/c1-3-9(10-8-16-18-12(10)4-1)11-7-15-17-6-2-5-14-13(11)17/h1-8H. The SMILES string of the molecule is c1cc(-c2cnn3cccnc23)c2cnsc2c1. The van der Waals surface area contributed by atoms with Crippen molar-refractivity contribution in [3.63, 3.8) is 0 Å². The Morgan fingerprint density at radius 3 is 3.06 bits per heavy atom. The molecule has 0 radical (unpaired) electrons. The predicted octanol–water partition coefficient (Wildman–Crippen LogP) is 3.01. The van der Waals surface area contributed by atoms with E-state index in [-0.39, 0.29) is 0 Å². The van der Waals surface area contributed by atoms with E-state index in [0.29, 0.717) is 0 Å². The first-order valence-electron chi connectivity index (χ1n) is 5.55. The average molecular weight is 252 g/mol. The Hall–Kier alpha value is -2.27. The van der Waals surface area contributed by atoms with Crippen LogP contribution in [0, 0.1) is 0 Å². The highest BCUT2D eigenvalue weighted by atomic mass is 32.1. The van der Waals surface area contributed by atoms with Crippen LogP contribution >= 0.6 is 11.5 Å². The minimum absolute atomic E-state index is 0.871. The Balaban J connectivity index is 2.10. The van der Waals surface area contributed by atoms with Gasteiger partial charge in [0.25, 0.3) is 0 Å². The maximum Gasteiger partial charge on any atom is 0.162 e. The van der Waals surface area contributed by atoms with Crippen molar-refractivity contribution in [2.24, 2.45) is 0 Å². The molecule has 0 aliphatic rings. The normalized spacial score (nSPS) is 11.3. The number of benzene rings is 1. The van der Waals surface area contributed by atoms with Crippen molar-refractivity contribution >= 4 is 27.3 Å². The number of aromatic nitrogens is 4. The lowest BCUT2D eigenvalue weighted by Gasteiger charge is -2.00. The molecule has 18 heavy (non-hydrogen) atoms. The highest BCUT2D eigenvalue weighted by molar-refractivity contribution is 7.13. The third kappa shape index (κ3) is 1.28. The van der Waals surface area contributed by atoms with Crippen molar-refractivity contribution in [3.05, 3.63) is 49.1 Å². The molecular formula is C13H8N4S. The van der Waals surface area contributed by atoms with Gasteiger partial charge in [-0.25, -0.2) is 9.50 Å². The molecule has 0 N–H and O–H groups in total. The maximum absolute atomic E-state index is 4.39. The molecule has 5 heteroatoms. The Morgan fingerprint density at radius 2 is 2.06 bits per heavy atom. The third-order valence-corrected chi connectivity index (χ3v) is 3.73. The van der Waals surface area contributed by atoms with E-state index in [4.69, 9.17) is 0 Å². The summed E-state index contributed by atoms with van der Waals surface area (Å²) in [6, 6.07) is 8.08. The van der Waals surface area contributed by atoms with Crippen LogP contribution in [0.5, 0.6) is 0 Å². The second kappa shape index (κ2) is 3.61. The summed E-state index contributed by atoms with van der Waals surface area (Å²) in [5.74, 6) is 0. The maximum atomic E-state index is 4.39. The van der Waals surface area contributed by atoms with Crippen LogP contribution in [0.4, 0.5) is 0 Å². The van der Waals surface area contributed by atoms with Gasteiger partial charge in [-0.1, -0.05) is 12.1 Å². The van der Waals surface area contributed by atoms with Crippen LogP contribution in [0.2, 0.25) is 0 Å². The number of rotatable bonds is 1. The van der Waals surface area contributed by atoms with Crippen LogP contribution in [0.3, 0.4) is 0 Å². The Labute approximate surface area is 107 Å². The minimum atomic E-state index is 0.871. The van der Waals surface area contributed by atoms with E-state index >= 15 is 0 Å². The summed E-state index contributed by atoms with van der Waals surface area (Å²) in [5.41, 5.74) is 3.05. The fourth-order valence-corrected chi connectivity index (χ4v) is 2.82. The highest BCUT2D eigenvalue weighted by Gasteiger charge is 2.11. The molecule has 0 aliphatic carbocycles. The molecular weight excluding hydrogens is 244 g/mol. The lowest BCUT2D eigenvalue weighted by Crippen LogP contribution is -1.87. The predicted molar refractivity (Wildman–Crippen MR) is 71.6 cm³/mol. The lowest BCUT2D eigenvalue weighted by atomic mass is 10.1. The average Bonchev–Trinajstić information content (AvgIpc) is 3.05. The zero-order chi connectivity index (χ0) is 11.9. The van der Waals surface area contributed by atoms with E-state index in [1.165, 1.54) is 16.2 Å². The molecule has 0 aliphatic heterocycles. The van der Waals surface area contributed by atoms with Crippen molar-refractivity contribution in [2.75, 3.05) is 0 Å². The molecule has 4 nitrogen and oxygen atoms in total. The summed E-state index contributed by atoms with van der Waals surface area (Å²) in [6.07, 6.45) is 7.45. The molecule has 4 aromatic rings. The Kier molecular flexibility index (Phi) is 1.95. The summed E-state index contributed by atoms with van der Waals surface area (Å²) >= 11 is 1.51. The van der Waals surface area contributed by atoms with E-state index in [0.717, 1.165) is 22.2 Å². The molecule has 3 aromatic heterocycles. The topological polar surface area (TPSA) is 43.1 Å². The smallest absolute Gasteiger partial charge is 0.162 e. The Morgan fingerprint density at radius 1 is 1.06 bits per heavy atom. The summed E-state index contributed by atoms with van der Waals surface area (Å²) < 4.78 is 7.21. The van der Waals surface area contributed by atoms with Gasteiger partial charge in [0.05, 0.1) is 10.9 Å². The lowest BCUT2D eigenvalue weighted by molar-refractivity contribution is 0.939. The molecule has 4 rings (SSSR count). The molecule has 1 aromatic carbocycles. The van der Waals surface area contributed by atoms with Crippen molar-refractivity contribution in [3.8, 4) is 11.1 Å². The van der Waals surface area contributed by atoms with Crippen molar-refractivity contribution in [1.29, 1.82) is 0 Å². The van der Waals surface area contributed by atoms with Crippen molar-refractivity contribution < 1.29 is 0 Å². The van der Waals surface area contributed by atoms with Gasteiger partial charge >= 0.3 is 0 Å². The van der Waals surface area contributed by atoms with Gasteiger partial charge in [0, 0.05) is 29.5 Å². The molecule has 3 heterocycles. The Bertz CT molecular complexity index is 846. The van der Waals surface area contributed by atoms with Crippen molar-refractivity contribution in [2.45, 2.75) is 0 Å². The van der Waals surface area contributed by atoms with Crippen LogP contribution in [-0.2, 0) is 0 Å². The largest absolute Gasteiger partial charge is 0.236 e. The number of nitrogens with zero attached hydrogens (tertiary/aromatic N) is 4. The van der Waals surface area contributed by atoms with Gasteiger partial charge < -0.3 is 0 Å². The fraction of sp³-hybridized carbons (Fsp3) is 0. The monoisotopic (exact) mass is 252 g/mol. The quantitative estimate of drug-likeness (QED) is 0.523. The molecule has 86 valence electrons. The molecule has 0 bridgehead atoms. The summed E-state index contributed by atoms with van der Waals surface area (Å²) in [6.45, 7) is 0. The fourth-order valence-electron chi connectivity index (χ4n) is 2.14. The van der Waals surface area contributed by atoms with E-state index in [1.807, 2.05) is 30.7 Å². The van der Waals surface area contributed by atoms with Gasteiger partial charge in [0.15, 0.2) is 5.65 Å². The van der Waals surface area contributed by atoms with E-state index in [1.54, 1.807) is 10.7 Å². The second-order valence-corrected chi connectivity index (χ2v) is 4.82. The summed E-state index contributed by atoms with van der Waals surface area (Å²) in [7, 11) is 0. The van der Waals surface area contributed by atoms with Crippen LogP contribution in [-0.4, -0.2) is 19.0 Å². The molecule has 0 saturated heterocycles. The molecule has 0 atom stereocenters. The highest BCUT2D eigenvalue weighted by Crippen LogP contribution is 2.31. The molecule has 0 unspecified atom stereocenters. The van der Waals surface area contributed by atoms with Gasteiger partial charge in [-0.2, -0.15) is 9.47 Å². The molecule has 0 amide bonds. The summed E-state index contributed by atoms with van der Waals surface area (Å²) in [4.78, 5) is 4.39. The van der Waals surface area contributed by atoms with E-state index in [9.17, 15) is 0 Å². The first-order chi connectivity index (χ1) is 8.93. The van der Waals surface area contributed by atoms with E-state index < -0.39 is 0 Å². The second-order valence-electron chi connectivity index (χ2n) is 3.99. The van der Waals surface area contributed by atoms with Crippen LogP contribution in [0.25, 0.3) is 26.9 Å². The number of fused-ring (bicyclic) bond motifs is 2. The molecule has 0 spiro atoms. The van der Waals surface area contributed by atoms with Crippen LogP contribution in [0.15, 0.2) is 49.1 Å². The third-order valence-electron chi connectivity index (χ3n) is 2.97. The van der Waals surface area contributed by atoms with Gasteiger partial charge in [-0.3, -0.25) is 0 Å². The zero-order valence-electron chi connectivity index (χ0n) is 9.32. The number of hydrogen-bond acceptors (Lipinski definition) is 4. The van der Waals surface area contributed by atoms with Crippen molar-refractivity contribution in [1.82, 2.24) is 19.0 Å². The first-order valence-corrected chi connectivity index (χ1v) is 6.33. The zero-order valence-corrected chi connectivity index (χ0v) is 10.1. The molecule has 0 saturated carbocycles. The molecule has 0 fully saturated rings. The van der Waals surface area contributed by atoms with Gasteiger partial charge in [-0.15, -0.1) is 0 Å². The van der Waals surface area contributed by atoms with Gasteiger partial charge in [-0.05, 0) is 29.2 Å². The van der Waals surface area contributed by atoms with Gasteiger partial charge in [0.1, 0.15) is 0 Å². The van der Waals surface area contributed by atoms with Gasteiger partial charge in [0.2, 0.25) is 0 Å². The van der Waals surface area contributed by atoms with Crippen LogP contribution in [0.1, 0.15) is 0 Å². The minimum Gasteiger partial charge on any atom is -0.236 e. The summed E-state index contributed by atoms with van der Waals surface area (Å²) in [5, 5.41) is 5.48.